The van der Waals surface area contributed by atoms with E-state index in [0.29, 0.717) is 23.6 Å². The summed E-state index contributed by atoms with van der Waals surface area (Å²) in [5, 5.41) is 0. The van der Waals surface area contributed by atoms with Gasteiger partial charge in [-0.3, -0.25) is 9.69 Å². The molecule has 0 saturated carbocycles. The second-order valence-electron chi connectivity index (χ2n) is 13.0. The molecule has 4 bridgehead atoms. The van der Waals surface area contributed by atoms with E-state index in [1.165, 1.54) is 30.2 Å². The quantitative estimate of drug-likeness (QED) is 0.270. The van der Waals surface area contributed by atoms with Crippen molar-refractivity contribution in [2.45, 2.75) is 58.5 Å². The number of aryl methyl sites for hydroxylation is 2. The fraction of sp³-hybridized carbons (Fsp3) is 0.343. The zero-order valence-corrected chi connectivity index (χ0v) is 29.0. The summed E-state index contributed by atoms with van der Waals surface area (Å²) in [6.45, 7) is 10.2. The smallest absolute Gasteiger partial charge is 0.414 e. The molecule has 0 aliphatic carbocycles. The molecule has 0 radical (unpaired) electrons. The van der Waals surface area contributed by atoms with Gasteiger partial charge in [-0.05, 0) is 67.1 Å². The van der Waals surface area contributed by atoms with Gasteiger partial charge in [-0.25, -0.2) is 27.9 Å². The van der Waals surface area contributed by atoms with Crippen LogP contribution < -0.4 is 14.4 Å². The first-order valence-electron chi connectivity index (χ1n) is 15.4. The first kappa shape index (κ1) is 34.3. The molecule has 2 aromatic carbocycles. The van der Waals surface area contributed by atoms with Gasteiger partial charge in [-0.15, -0.1) is 0 Å². The zero-order valence-electron chi connectivity index (χ0n) is 28.1. The number of sulfonamides is 1. The average Bonchev–Trinajstić information content (AvgIpc) is 3.03. The van der Waals surface area contributed by atoms with Crippen molar-refractivity contribution in [2.24, 2.45) is 5.41 Å². The van der Waals surface area contributed by atoms with Gasteiger partial charge in [-0.2, -0.15) is 4.98 Å². The Kier molecular flexibility index (Phi) is 9.71. The Morgan fingerprint density at radius 2 is 1.71 bits per heavy atom. The topological polar surface area (TPSA) is 144 Å². The number of pyridine rings is 1. The lowest BCUT2D eigenvalue weighted by Crippen LogP contribution is -2.45. The van der Waals surface area contributed by atoms with Gasteiger partial charge in [0.1, 0.15) is 12.4 Å². The Balaban J connectivity index is 1.66. The molecule has 0 unspecified atom stereocenters. The molecule has 0 saturated heterocycles. The molecule has 1 N–H and O–H groups in total. The molecule has 252 valence electrons. The second-order valence-corrected chi connectivity index (χ2v) is 14.7. The number of nitrogens with zero attached hydrogens (tertiary/aromatic N) is 5. The highest BCUT2D eigenvalue weighted by molar-refractivity contribution is 7.92. The van der Waals surface area contributed by atoms with Crippen LogP contribution in [0.2, 0.25) is 0 Å². The lowest BCUT2D eigenvalue weighted by atomic mass is 9.87. The number of benzene rings is 2. The van der Waals surface area contributed by atoms with Crippen molar-refractivity contribution in [3.8, 4) is 17.1 Å². The summed E-state index contributed by atoms with van der Waals surface area (Å²) in [6.07, 6.45) is -0.0634. The number of methoxy groups -OCH3 is 1. The van der Waals surface area contributed by atoms with Crippen molar-refractivity contribution in [1.29, 1.82) is 0 Å². The summed E-state index contributed by atoms with van der Waals surface area (Å²) in [5.74, 6) is -0.0711. The number of amides is 2. The molecule has 0 fully saturated rings. The number of carbonyl (C=O) groups is 2. The number of aromatic nitrogens is 3. The maximum absolute atomic E-state index is 14.4. The van der Waals surface area contributed by atoms with Crippen LogP contribution in [0.1, 0.15) is 54.4 Å². The van der Waals surface area contributed by atoms with Crippen LogP contribution in [0, 0.1) is 19.3 Å². The minimum atomic E-state index is -4.21. The van der Waals surface area contributed by atoms with Crippen LogP contribution in [-0.2, 0) is 21.3 Å². The minimum Gasteiger partial charge on any atom is -0.475 e. The maximum Gasteiger partial charge on any atom is 0.414 e. The Morgan fingerprint density at radius 1 is 1.02 bits per heavy atom. The first-order chi connectivity index (χ1) is 22.6. The van der Waals surface area contributed by atoms with E-state index < -0.39 is 28.1 Å². The monoisotopic (exact) mass is 672 g/mol. The molecule has 1 atom stereocenters. The molecule has 4 aromatic rings. The molecular formula is C35H40N6O6S. The molecule has 48 heavy (non-hydrogen) atoms. The highest BCUT2D eigenvalue weighted by Gasteiger charge is 2.32. The van der Waals surface area contributed by atoms with Crippen LogP contribution in [0.5, 0.6) is 5.88 Å². The summed E-state index contributed by atoms with van der Waals surface area (Å²) in [7, 11) is -1.38. The summed E-state index contributed by atoms with van der Waals surface area (Å²) in [4.78, 5) is 43.1. The maximum atomic E-state index is 14.4. The van der Waals surface area contributed by atoms with E-state index in [4.69, 9.17) is 9.47 Å². The van der Waals surface area contributed by atoms with Gasteiger partial charge in [-0.1, -0.05) is 51.1 Å². The van der Waals surface area contributed by atoms with Crippen molar-refractivity contribution in [2.75, 3.05) is 30.4 Å². The number of hydrogen-bond acceptors (Lipinski definition) is 9. The highest BCUT2D eigenvalue weighted by atomic mass is 32.2. The van der Waals surface area contributed by atoms with Crippen molar-refractivity contribution >= 4 is 33.8 Å². The van der Waals surface area contributed by atoms with Crippen LogP contribution in [0.15, 0.2) is 71.6 Å². The molecule has 12 nitrogen and oxygen atoms in total. The van der Waals surface area contributed by atoms with Gasteiger partial charge in [0.2, 0.25) is 11.8 Å². The van der Waals surface area contributed by atoms with Crippen molar-refractivity contribution in [3.63, 3.8) is 0 Å². The van der Waals surface area contributed by atoms with Gasteiger partial charge >= 0.3 is 6.09 Å². The molecule has 2 aromatic heterocycles. The van der Waals surface area contributed by atoms with E-state index >= 15 is 0 Å². The number of nitrogens with one attached hydrogen (secondary N) is 1. The Labute approximate surface area is 281 Å². The molecule has 1 aliphatic rings. The second kappa shape index (κ2) is 13.6. The Morgan fingerprint density at radius 3 is 2.40 bits per heavy atom. The Hall–Kier alpha value is -5.04. The molecule has 1 aliphatic heterocycles. The van der Waals surface area contributed by atoms with E-state index in [0.717, 1.165) is 16.7 Å². The summed E-state index contributed by atoms with van der Waals surface area (Å²) >= 11 is 0. The van der Waals surface area contributed by atoms with Gasteiger partial charge in [0.15, 0.2) is 0 Å². The van der Waals surface area contributed by atoms with Gasteiger partial charge in [0.05, 0.1) is 36.0 Å². The zero-order chi connectivity index (χ0) is 34.8. The van der Waals surface area contributed by atoms with Crippen LogP contribution in [0.25, 0.3) is 11.3 Å². The standard InChI is InChI=1S/C35H40N6O6S/c1-22-11-8-12-23(2)31(22)28-18-30-38-33(37-28)39-48(44,45)27-15-9-13-24(17-27)32(42)41(26(21-47-30)19-35(3,4)5)20-25-14-10-16-29(36-25)40(6)34(43)46-7/h8-18,26H,19-21H2,1-7H3,(H,37,38,39)/t26-/m1/s1. The first-order valence-corrected chi connectivity index (χ1v) is 16.9. The number of ether oxygens (including phenoxy) is 2. The SMILES string of the molecule is COC(=O)N(C)c1cccc(CN2C(=O)c3cccc(c3)S(=O)(=O)Nc3nc(cc(-c4c(C)cccc4C)n3)OC[C@H]2CC(C)(C)C)n1. The third-order valence-electron chi connectivity index (χ3n) is 7.95. The molecule has 0 spiro atoms. The van der Waals surface area contributed by atoms with Crippen LogP contribution >= 0.6 is 0 Å². The minimum absolute atomic E-state index is 0.0415. The number of rotatable bonds is 5. The Bertz CT molecular complexity index is 1940. The predicted octanol–water partition coefficient (Wildman–Crippen LogP) is 6.00. The number of hydrogen-bond donors (Lipinski definition) is 1. The number of fused-ring (bicyclic) bond motifs is 4. The lowest BCUT2D eigenvalue weighted by Gasteiger charge is -2.35. The van der Waals surface area contributed by atoms with Gasteiger partial charge in [0.25, 0.3) is 15.9 Å². The van der Waals surface area contributed by atoms with E-state index in [2.05, 4.69) is 40.4 Å². The molecular weight excluding hydrogens is 632 g/mol. The third kappa shape index (κ3) is 7.73. The third-order valence-corrected chi connectivity index (χ3v) is 9.27. The molecule has 2 amide bonds. The highest BCUT2D eigenvalue weighted by Crippen LogP contribution is 2.32. The predicted molar refractivity (Wildman–Crippen MR) is 182 cm³/mol. The van der Waals surface area contributed by atoms with Crippen LogP contribution in [-0.4, -0.2) is 67.1 Å². The molecule has 5 rings (SSSR count). The number of carbonyl (C=O) groups excluding carboxylic acids is 2. The van der Waals surface area contributed by atoms with E-state index in [1.807, 2.05) is 32.0 Å². The van der Waals surface area contributed by atoms with Gasteiger partial charge < -0.3 is 14.4 Å². The van der Waals surface area contributed by atoms with Crippen LogP contribution in [0.3, 0.4) is 0 Å². The lowest BCUT2D eigenvalue weighted by molar-refractivity contribution is 0.0509. The van der Waals surface area contributed by atoms with Gasteiger partial charge in [0, 0.05) is 24.2 Å². The fourth-order valence-corrected chi connectivity index (χ4v) is 6.68. The van der Waals surface area contributed by atoms with E-state index in [9.17, 15) is 18.0 Å². The molecule has 3 heterocycles. The average molecular weight is 673 g/mol. The van der Waals surface area contributed by atoms with Crippen molar-refractivity contribution < 1.29 is 27.5 Å². The molecule has 13 heteroatoms. The summed E-state index contributed by atoms with van der Waals surface area (Å²) < 4.78 is 41.0. The summed E-state index contributed by atoms with van der Waals surface area (Å²) in [5.41, 5.74) is 3.67. The summed E-state index contributed by atoms with van der Waals surface area (Å²) in [6, 6.07) is 18.1. The van der Waals surface area contributed by atoms with E-state index in [1.54, 1.807) is 42.3 Å². The van der Waals surface area contributed by atoms with E-state index in [-0.39, 0.29) is 40.9 Å². The van der Waals surface area contributed by atoms with Crippen molar-refractivity contribution in [3.05, 3.63) is 89.1 Å². The fourth-order valence-electron chi connectivity index (χ4n) is 5.69. The normalized spacial score (nSPS) is 16.0. The van der Waals surface area contributed by atoms with Crippen LogP contribution in [0.4, 0.5) is 16.6 Å². The van der Waals surface area contributed by atoms with Crippen molar-refractivity contribution in [1.82, 2.24) is 19.9 Å². The largest absolute Gasteiger partial charge is 0.475 e. The number of anilines is 2.